The van der Waals surface area contributed by atoms with E-state index in [0.29, 0.717) is 6.04 Å². The lowest BCUT2D eigenvalue weighted by Crippen LogP contribution is -2.33. The van der Waals surface area contributed by atoms with Gasteiger partial charge in [-0.3, -0.25) is 9.69 Å². The minimum atomic E-state index is 0.101. The second-order valence-corrected chi connectivity index (χ2v) is 9.07. The molecule has 5 rings (SSSR count). The summed E-state index contributed by atoms with van der Waals surface area (Å²) in [5, 5.41) is 0. The molecule has 6 nitrogen and oxygen atoms in total. The molecule has 1 fully saturated rings. The number of imidazole rings is 1. The number of nitrogens with two attached hydrogens (primary N) is 1. The third kappa shape index (κ3) is 3.69. The highest BCUT2D eigenvalue weighted by Crippen LogP contribution is 2.34. The Morgan fingerprint density at radius 3 is 2.77 bits per heavy atom. The van der Waals surface area contributed by atoms with E-state index in [1.807, 2.05) is 23.2 Å². The Morgan fingerprint density at radius 1 is 1.19 bits per heavy atom. The molecule has 0 bridgehead atoms. The first-order valence-corrected chi connectivity index (χ1v) is 11.4. The van der Waals surface area contributed by atoms with Crippen LogP contribution >= 0.6 is 0 Å². The van der Waals surface area contributed by atoms with Crippen molar-refractivity contribution >= 4 is 22.9 Å². The highest BCUT2D eigenvalue weighted by atomic mass is 16.2. The molecule has 2 N–H and O–H groups in total. The van der Waals surface area contributed by atoms with E-state index in [0.717, 1.165) is 47.8 Å². The number of anilines is 2. The minimum absolute atomic E-state index is 0.101. The third-order valence-corrected chi connectivity index (χ3v) is 6.97. The summed E-state index contributed by atoms with van der Waals surface area (Å²) in [6.45, 7) is 3.23. The van der Waals surface area contributed by atoms with Crippen LogP contribution in [-0.2, 0) is 17.8 Å². The quantitative estimate of drug-likeness (QED) is 0.689. The number of benzene rings is 1. The van der Waals surface area contributed by atoms with Gasteiger partial charge in [0.25, 0.3) is 0 Å². The Labute approximate surface area is 183 Å². The topological polar surface area (TPSA) is 66.9 Å². The van der Waals surface area contributed by atoms with Crippen LogP contribution in [0.15, 0.2) is 36.5 Å². The summed E-state index contributed by atoms with van der Waals surface area (Å²) in [5.41, 5.74) is 13.3. The molecule has 3 aromatic rings. The van der Waals surface area contributed by atoms with Crippen molar-refractivity contribution in [3.05, 3.63) is 47.8 Å². The summed E-state index contributed by atoms with van der Waals surface area (Å²) in [6.07, 6.45) is 9.41. The molecule has 0 saturated heterocycles. The lowest BCUT2D eigenvalue weighted by molar-refractivity contribution is -0.116. The van der Waals surface area contributed by atoms with Crippen LogP contribution in [0.1, 0.15) is 50.3 Å². The fourth-order valence-electron chi connectivity index (χ4n) is 5.26. The number of aromatic nitrogens is 2. The van der Waals surface area contributed by atoms with E-state index < -0.39 is 0 Å². The van der Waals surface area contributed by atoms with E-state index in [9.17, 15) is 4.79 Å². The predicted molar refractivity (Wildman–Crippen MR) is 125 cm³/mol. The highest BCUT2D eigenvalue weighted by Gasteiger charge is 2.25. The Morgan fingerprint density at radius 2 is 2.00 bits per heavy atom. The number of hydrogen-bond donors (Lipinski definition) is 1. The van der Waals surface area contributed by atoms with Gasteiger partial charge < -0.3 is 15.0 Å². The van der Waals surface area contributed by atoms with Gasteiger partial charge in [-0.05, 0) is 56.1 Å². The molecule has 162 valence electrons. The number of pyridine rings is 1. The summed E-state index contributed by atoms with van der Waals surface area (Å²) in [5.74, 6) is 0.101. The highest BCUT2D eigenvalue weighted by molar-refractivity contribution is 5.94. The van der Waals surface area contributed by atoms with Crippen LogP contribution in [0.5, 0.6) is 0 Å². The number of amides is 1. The normalized spacial score (nSPS) is 16.9. The van der Waals surface area contributed by atoms with E-state index >= 15 is 0 Å². The Bertz CT molecular complexity index is 1130. The number of carbonyl (C=O) groups excluding carboxylic acids is 1. The van der Waals surface area contributed by atoms with Gasteiger partial charge in [-0.1, -0.05) is 25.3 Å². The lowest BCUT2D eigenvalue weighted by atomic mass is 9.94. The molecule has 31 heavy (non-hydrogen) atoms. The van der Waals surface area contributed by atoms with Gasteiger partial charge in [-0.15, -0.1) is 0 Å². The fraction of sp³-hybridized carbons (Fsp3) is 0.440. The van der Waals surface area contributed by atoms with Gasteiger partial charge in [-0.25, -0.2) is 4.98 Å². The van der Waals surface area contributed by atoms with Crippen molar-refractivity contribution < 1.29 is 4.79 Å². The van der Waals surface area contributed by atoms with Crippen molar-refractivity contribution in [2.24, 2.45) is 0 Å². The Kier molecular flexibility index (Phi) is 5.18. The Hall–Kier alpha value is -2.86. The number of hydrogen-bond acceptors (Lipinski definition) is 4. The molecular weight excluding hydrogens is 386 g/mol. The van der Waals surface area contributed by atoms with Gasteiger partial charge in [0, 0.05) is 49.2 Å². The SMILES string of the molecule is CC(=O)N1CCc2cc(-c3nc4ccc(N)cn4c3CN(C)C3CCCCC3)ccc21. The first-order chi connectivity index (χ1) is 15.0. The zero-order valence-electron chi connectivity index (χ0n) is 18.5. The molecule has 2 aromatic heterocycles. The second kappa shape index (κ2) is 8.00. The van der Waals surface area contributed by atoms with Gasteiger partial charge in [0.1, 0.15) is 5.65 Å². The maximum atomic E-state index is 11.9. The average Bonchev–Trinajstić information content (AvgIpc) is 3.35. The molecule has 2 aliphatic rings. The largest absolute Gasteiger partial charge is 0.398 e. The summed E-state index contributed by atoms with van der Waals surface area (Å²) in [6, 6.07) is 10.9. The third-order valence-electron chi connectivity index (χ3n) is 6.97. The van der Waals surface area contributed by atoms with Crippen molar-refractivity contribution in [3.63, 3.8) is 0 Å². The lowest BCUT2D eigenvalue weighted by Gasteiger charge is -2.31. The second-order valence-electron chi connectivity index (χ2n) is 9.07. The van der Waals surface area contributed by atoms with E-state index in [4.69, 9.17) is 10.7 Å². The number of nitrogens with zero attached hydrogens (tertiary/aromatic N) is 4. The van der Waals surface area contributed by atoms with Gasteiger partial charge in [0.05, 0.1) is 11.4 Å². The predicted octanol–water partition coefficient (Wildman–Crippen LogP) is 4.26. The zero-order chi connectivity index (χ0) is 21.5. The molecule has 6 heteroatoms. The van der Waals surface area contributed by atoms with Crippen molar-refractivity contribution in [1.82, 2.24) is 14.3 Å². The van der Waals surface area contributed by atoms with Gasteiger partial charge in [-0.2, -0.15) is 0 Å². The monoisotopic (exact) mass is 417 g/mol. The van der Waals surface area contributed by atoms with Crippen molar-refractivity contribution in [1.29, 1.82) is 0 Å². The maximum Gasteiger partial charge on any atom is 0.223 e. The molecule has 0 spiro atoms. The smallest absolute Gasteiger partial charge is 0.223 e. The summed E-state index contributed by atoms with van der Waals surface area (Å²) >= 11 is 0. The van der Waals surface area contributed by atoms with Crippen LogP contribution in [-0.4, -0.2) is 39.8 Å². The summed E-state index contributed by atoms with van der Waals surface area (Å²) in [7, 11) is 2.24. The first kappa shape index (κ1) is 20.1. The molecule has 1 amide bonds. The molecular formula is C25H31N5O. The molecule has 3 heterocycles. The van der Waals surface area contributed by atoms with Crippen LogP contribution in [0.25, 0.3) is 16.9 Å². The van der Waals surface area contributed by atoms with Crippen molar-refractivity contribution in [2.75, 3.05) is 24.2 Å². The molecule has 0 radical (unpaired) electrons. The molecule has 0 unspecified atom stereocenters. The van der Waals surface area contributed by atoms with Crippen LogP contribution in [0.3, 0.4) is 0 Å². The van der Waals surface area contributed by atoms with Gasteiger partial charge in [0.15, 0.2) is 0 Å². The molecule has 1 saturated carbocycles. The molecule has 1 aliphatic heterocycles. The standard InChI is InChI=1S/C25H31N5O/c1-17(31)29-13-12-18-14-19(8-10-22(18)29)25-23(16-28(2)21-6-4-3-5-7-21)30-15-20(26)9-11-24(30)27-25/h8-11,14-15,21H,3-7,12-13,16,26H2,1-2H3. The van der Waals surface area contributed by atoms with Crippen LogP contribution < -0.4 is 10.6 Å². The van der Waals surface area contributed by atoms with Crippen molar-refractivity contribution in [3.8, 4) is 11.3 Å². The average molecular weight is 418 g/mol. The zero-order valence-corrected chi connectivity index (χ0v) is 18.5. The molecule has 0 atom stereocenters. The summed E-state index contributed by atoms with van der Waals surface area (Å²) < 4.78 is 2.15. The summed E-state index contributed by atoms with van der Waals surface area (Å²) in [4.78, 5) is 21.3. The molecule has 1 aromatic carbocycles. The number of nitrogen functional groups attached to an aromatic ring is 1. The van der Waals surface area contributed by atoms with Crippen LogP contribution in [0.4, 0.5) is 11.4 Å². The van der Waals surface area contributed by atoms with Gasteiger partial charge >= 0.3 is 0 Å². The van der Waals surface area contributed by atoms with E-state index in [-0.39, 0.29) is 5.91 Å². The maximum absolute atomic E-state index is 11.9. The minimum Gasteiger partial charge on any atom is -0.398 e. The van der Waals surface area contributed by atoms with E-state index in [2.05, 4.69) is 34.5 Å². The van der Waals surface area contributed by atoms with E-state index in [1.54, 1.807) is 6.92 Å². The Balaban J connectivity index is 1.55. The van der Waals surface area contributed by atoms with Crippen LogP contribution in [0.2, 0.25) is 0 Å². The number of carbonyl (C=O) groups is 1. The van der Waals surface area contributed by atoms with Crippen molar-refractivity contribution in [2.45, 2.75) is 58.0 Å². The molecule has 1 aliphatic carbocycles. The van der Waals surface area contributed by atoms with Gasteiger partial charge in [0.2, 0.25) is 5.91 Å². The number of fused-ring (bicyclic) bond motifs is 2. The fourth-order valence-corrected chi connectivity index (χ4v) is 5.26. The first-order valence-electron chi connectivity index (χ1n) is 11.4. The number of rotatable bonds is 4. The van der Waals surface area contributed by atoms with E-state index in [1.165, 1.54) is 43.4 Å². The van der Waals surface area contributed by atoms with Crippen LogP contribution in [0, 0.1) is 0 Å².